The van der Waals surface area contributed by atoms with Crippen LogP contribution in [0.4, 0.5) is 16.2 Å². The van der Waals surface area contributed by atoms with E-state index in [1.54, 1.807) is 53.1 Å². The Morgan fingerprint density at radius 2 is 1.70 bits per heavy atom. The largest absolute Gasteiger partial charge is 0.348 e. The molecular weight excluding hydrogens is 418 g/mol. The molecule has 0 atom stereocenters. The van der Waals surface area contributed by atoms with E-state index in [2.05, 4.69) is 10.6 Å². The van der Waals surface area contributed by atoms with E-state index in [4.69, 9.17) is 11.6 Å². The van der Waals surface area contributed by atoms with Crippen molar-refractivity contribution in [3.8, 4) is 0 Å². The van der Waals surface area contributed by atoms with E-state index in [-0.39, 0.29) is 11.9 Å². The van der Waals surface area contributed by atoms with E-state index in [1.165, 1.54) is 0 Å². The summed E-state index contributed by atoms with van der Waals surface area (Å²) in [7, 11) is 0. The molecule has 30 heavy (non-hydrogen) atoms. The standard InChI is InChI=1S/C23H20ClN3O2S/c24-18-9-5-16(6-10-18)15-25-22(28)17-7-11-19(12-8-17)26-23(29)27-13-14-30-21-4-2-1-3-20(21)27/h1-12H,13-15H2,(H,25,28)(H,26,29). The molecule has 1 aliphatic heterocycles. The summed E-state index contributed by atoms with van der Waals surface area (Å²) in [6.45, 7) is 1.07. The van der Waals surface area contributed by atoms with Crippen LogP contribution in [0.1, 0.15) is 15.9 Å². The Kier molecular flexibility index (Phi) is 6.26. The lowest BCUT2D eigenvalue weighted by molar-refractivity contribution is 0.0951. The second kappa shape index (κ2) is 9.24. The summed E-state index contributed by atoms with van der Waals surface area (Å²) in [4.78, 5) is 28.0. The van der Waals surface area contributed by atoms with Gasteiger partial charge in [0.15, 0.2) is 0 Å². The molecular formula is C23H20ClN3O2S. The predicted molar refractivity (Wildman–Crippen MR) is 123 cm³/mol. The Morgan fingerprint density at radius 1 is 0.967 bits per heavy atom. The minimum atomic E-state index is -0.178. The van der Waals surface area contributed by atoms with E-state index in [9.17, 15) is 9.59 Å². The molecule has 0 saturated carbocycles. The van der Waals surface area contributed by atoms with Crippen LogP contribution in [0.25, 0.3) is 0 Å². The first-order valence-electron chi connectivity index (χ1n) is 9.53. The van der Waals surface area contributed by atoms with Gasteiger partial charge in [-0.2, -0.15) is 0 Å². The Hall–Kier alpha value is -2.96. The molecule has 5 nitrogen and oxygen atoms in total. The van der Waals surface area contributed by atoms with Gasteiger partial charge in [0, 0.05) is 40.0 Å². The summed E-state index contributed by atoms with van der Waals surface area (Å²) in [5.74, 6) is 0.682. The van der Waals surface area contributed by atoms with E-state index >= 15 is 0 Å². The number of thioether (sulfide) groups is 1. The minimum absolute atomic E-state index is 0.176. The van der Waals surface area contributed by atoms with Crippen LogP contribution in [0.3, 0.4) is 0 Å². The van der Waals surface area contributed by atoms with Crippen LogP contribution in [0, 0.1) is 0 Å². The number of hydrogen-bond donors (Lipinski definition) is 2. The van der Waals surface area contributed by atoms with Gasteiger partial charge in [0.1, 0.15) is 0 Å². The highest BCUT2D eigenvalue weighted by Gasteiger charge is 2.22. The topological polar surface area (TPSA) is 61.4 Å². The van der Waals surface area contributed by atoms with E-state index in [0.717, 1.165) is 21.9 Å². The number of benzene rings is 3. The number of carbonyl (C=O) groups is 2. The van der Waals surface area contributed by atoms with E-state index in [0.29, 0.717) is 29.4 Å². The molecule has 3 amide bonds. The lowest BCUT2D eigenvalue weighted by Gasteiger charge is -2.29. The smallest absolute Gasteiger partial charge is 0.326 e. The fourth-order valence-electron chi connectivity index (χ4n) is 3.16. The molecule has 0 radical (unpaired) electrons. The molecule has 3 aromatic carbocycles. The second-order valence-corrected chi connectivity index (χ2v) is 8.36. The quantitative estimate of drug-likeness (QED) is 0.573. The highest BCUT2D eigenvalue weighted by Crippen LogP contribution is 2.34. The molecule has 2 N–H and O–H groups in total. The minimum Gasteiger partial charge on any atom is -0.348 e. The molecule has 0 fully saturated rings. The summed E-state index contributed by atoms with van der Waals surface area (Å²) in [5.41, 5.74) is 3.06. The van der Waals surface area contributed by atoms with Crippen LogP contribution >= 0.6 is 23.4 Å². The normalized spacial score (nSPS) is 12.8. The average molecular weight is 438 g/mol. The monoisotopic (exact) mass is 437 g/mol. The number of amides is 3. The Balaban J connectivity index is 1.36. The first-order chi connectivity index (χ1) is 14.6. The molecule has 1 heterocycles. The molecule has 0 aromatic heterocycles. The summed E-state index contributed by atoms with van der Waals surface area (Å²) in [6.07, 6.45) is 0. The summed E-state index contributed by atoms with van der Waals surface area (Å²) < 4.78 is 0. The van der Waals surface area contributed by atoms with Gasteiger partial charge >= 0.3 is 6.03 Å². The van der Waals surface area contributed by atoms with Gasteiger partial charge in [-0.05, 0) is 54.1 Å². The SMILES string of the molecule is O=C(NCc1ccc(Cl)cc1)c1ccc(NC(=O)N2CCSc3ccccc32)cc1. The van der Waals surface area contributed by atoms with Crippen molar-refractivity contribution >= 4 is 46.7 Å². The Morgan fingerprint density at radius 3 is 2.47 bits per heavy atom. The lowest BCUT2D eigenvalue weighted by Crippen LogP contribution is -2.38. The van der Waals surface area contributed by atoms with Crippen LogP contribution in [-0.2, 0) is 6.54 Å². The lowest BCUT2D eigenvalue weighted by atomic mass is 10.1. The van der Waals surface area contributed by atoms with Crippen LogP contribution in [0.5, 0.6) is 0 Å². The number of fused-ring (bicyclic) bond motifs is 1. The molecule has 0 bridgehead atoms. The van der Waals surface area contributed by atoms with Crippen LogP contribution in [0.15, 0.2) is 77.7 Å². The van der Waals surface area contributed by atoms with Crippen molar-refractivity contribution in [3.05, 3.63) is 88.9 Å². The number of carbonyl (C=O) groups excluding carboxylic acids is 2. The summed E-state index contributed by atoms with van der Waals surface area (Å²) in [5, 5.41) is 6.45. The van der Waals surface area contributed by atoms with Crippen molar-refractivity contribution in [3.63, 3.8) is 0 Å². The number of hydrogen-bond acceptors (Lipinski definition) is 3. The number of urea groups is 1. The third-order valence-corrected chi connectivity index (χ3v) is 6.03. The third kappa shape index (κ3) is 4.78. The number of nitrogens with one attached hydrogen (secondary N) is 2. The van der Waals surface area contributed by atoms with Gasteiger partial charge in [-0.1, -0.05) is 35.9 Å². The maximum Gasteiger partial charge on any atom is 0.326 e. The van der Waals surface area contributed by atoms with Gasteiger partial charge in [-0.15, -0.1) is 11.8 Å². The first kappa shape index (κ1) is 20.3. The van der Waals surface area contributed by atoms with Gasteiger partial charge in [0.05, 0.1) is 5.69 Å². The van der Waals surface area contributed by atoms with Crippen molar-refractivity contribution in [2.24, 2.45) is 0 Å². The van der Waals surface area contributed by atoms with Gasteiger partial charge < -0.3 is 10.6 Å². The van der Waals surface area contributed by atoms with Crippen LogP contribution in [-0.4, -0.2) is 24.2 Å². The fraction of sp³-hybridized carbons (Fsp3) is 0.130. The van der Waals surface area contributed by atoms with Crippen molar-refractivity contribution < 1.29 is 9.59 Å². The van der Waals surface area contributed by atoms with Crippen molar-refractivity contribution in [1.29, 1.82) is 0 Å². The number of nitrogens with zero attached hydrogens (tertiary/aromatic N) is 1. The van der Waals surface area contributed by atoms with Gasteiger partial charge in [0.2, 0.25) is 0 Å². The molecule has 0 unspecified atom stereocenters. The molecule has 0 aliphatic carbocycles. The van der Waals surface area contributed by atoms with Gasteiger partial charge in [-0.25, -0.2) is 4.79 Å². The zero-order valence-corrected chi connectivity index (χ0v) is 17.7. The fourth-order valence-corrected chi connectivity index (χ4v) is 4.28. The zero-order valence-electron chi connectivity index (χ0n) is 16.1. The summed E-state index contributed by atoms with van der Waals surface area (Å²) in [6, 6.07) is 21.9. The molecule has 1 aliphatic rings. The number of anilines is 2. The average Bonchev–Trinajstić information content (AvgIpc) is 2.78. The molecule has 3 aromatic rings. The van der Waals surface area contributed by atoms with Crippen molar-refractivity contribution in [1.82, 2.24) is 5.32 Å². The third-order valence-electron chi connectivity index (χ3n) is 4.74. The highest BCUT2D eigenvalue weighted by atomic mass is 35.5. The Bertz CT molecular complexity index is 1050. The molecule has 0 spiro atoms. The number of halogens is 1. The van der Waals surface area contributed by atoms with Crippen LogP contribution in [0.2, 0.25) is 5.02 Å². The van der Waals surface area contributed by atoms with Gasteiger partial charge in [-0.3, -0.25) is 9.69 Å². The molecule has 0 saturated heterocycles. The van der Waals surface area contributed by atoms with E-state index in [1.807, 2.05) is 36.4 Å². The first-order valence-corrected chi connectivity index (χ1v) is 10.9. The van der Waals surface area contributed by atoms with Gasteiger partial charge in [0.25, 0.3) is 5.91 Å². The predicted octanol–water partition coefficient (Wildman–Crippen LogP) is 5.41. The second-order valence-electron chi connectivity index (χ2n) is 6.78. The number of para-hydroxylation sites is 1. The maximum absolute atomic E-state index is 12.7. The highest BCUT2D eigenvalue weighted by molar-refractivity contribution is 7.99. The van der Waals surface area contributed by atoms with Crippen molar-refractivity contribution in [2.45, 2.75) is 11.4 Å². The molecule has 152 valence electrons. The number of rotatable bonds is 4. The zero-order chi connectivity index (χ0) is 20.9. The van der Waals surface area contributed by atoms with Crippen LogP contribution < -0.4 is 15.5 Å². The molecule has 4 rings (SSSR count). The summed E-state index contributed by atoms with van der Waals surface area (Å²) >= 11 is 7.63. The Labute approximate surface area is 184 Å². The molecule has 7 heteroatoms. The maximum atomic E-state index is 12.7. The van der Waals surface area contributed by atoms with E-state index < -0.39 is 0 Å². The van der Waals surface area contributed by atoms with Crippen molar-refractivity contribution in [2.75, 3.05) is 22.5 Å².